The minimum atomic E-state index is -3.03. The number of aliphatic hydroxyl groups excluding tert-OH is 11. The number of esters is 1. The lowest BCUT2D eigenvalue weighted by Gasteiger charge is -2.71. The van der Waals surface area contributed by atoms with Gasteiger partial charge in [0.1, 0.15) is 73.2 Å². The maximum Gasteiger partial charge on any atom is 0.357 e. The van der Waals surface area contributed by atoms with Crippen LogP contribution in [-0.4, -0.2) is 214 Å². The molecule has 4 saturated carbocycles. The molecular formula is C53H84O23. The summed E-state index contributed by atoms with van der Waals surface area (Å²) in [4.78, 5) is 27.8. The van der Waals surface area contributed by atoms with Crippen LogP contribution in [0.2, 0.25) is 0 Å². The Morgan fingerprint density at radius 2 is 1.34 bits per heavy atom. The number of aliphatic hydroxyl groups is 12. The van der Waals surface area contributed by atoms with Crippen LogP contribution in [0.1, 0.15) is 120 Å². The Kier molecular flexibility index (Phi) is 15.7. The highest BCUT2D eigenvalue weighted by molar-refractivity contribution is 5.79. The maximum absolute atomic E-state index is 14.8. The van der Waals surface area contributed by atoms with E-state index in [1.54, 1.807) is 0 Å². The summed E-state index contributed by atoms with van der Waals surface area (Å²) in [6, 6.07) is 0. The third kappa shape index (κ3) is 9.23. The van der Waals surface area contributed by atoms with Crippen molar-refractivity contribution >= 4 is 11.9 Å². The van der Waals surface area contributed by atoms with E-state index in [0.29, 0.717) is 51.4 Å². The van der Waals surface area contributed by atoms with E-state index in [9.17, 15) is 76.0 Å². The lowest BCUT2D eigenvalue weighted by Crippen LogP contribution is -2.68. The van der Waals surface area contributed by atoms with E-state index < -0.39 is 164 Å². The van der Waals surface area contributed by atoms with E-state index in [1.807, 2.05) is 0 Å². The van der Waals surface area contributed by atoms with Gasteiger partial charge in [0.2, 0.25) is 0 Å². The number of fused-ring (bicyclic) bond motifs is 7. The van der Waals surface area contributed by atoms with Crippen LogP contribution in [0.25, 0.3) is 0 Å². The second-order valence-corrected chi connectivity index (χ2v) is 26.0. The van der Waals surface area contributed by atoms with Crippen molar-refractivity contribution in [3.63, 3.8) is 0 Å². The Labute approximate surface area is 442 Å². The van der Waals surface area contributed by atoms with Crippen LogP contribution in [0.5, 0.6) is 0 Å². The van der Waals surface area contributed by atoms with E-state index in [4.69, 9.17) is 37.9 Å². The zero-order valence-electron chi connectivity index (χ0n) is 44.7. The third-order valence-electron chi connectivity index (χ3n) is 21.1. The van der Waals surface area contributed by atoms with Gasteiger partial charge in [-0.25, -0.2) is 4.79 Å². The van der Waals surface area contributed by atoms with Gasteiger partial charge < -0.3 is 104 Å². The molecule has 13 N–H and O–H groups in total. The van der Waals surface area contributed by atoms with Crippen molar-refractivity contribution < 1.29 is 114 Å². The largest absolute Gasteiger partial charge is 0.479 e. The number of aliphatic carboxylic acids is 1. The third-order valence-corrected chi connectivity index (χ3v) is 21.1. The first kappa shape index (κ1) is 58.6. The van der Waals surface area contributed by atoms with Crippen molar-refractivity contribution in [2.45, 2.75) is 242 Å². The fourth-order valence-corrected chi connectivity index (χ4v) is 16.2. The Hall–Kier alpha value is -2.08. The molecule has 9 aliphatic rings. The zero-order chi connectivity index (χ0) is 55.8. The molecule has 23 nitrogen and oxygen atoms in total. The summed E-state index contributed by atoms with van der Waals surface area (Å²) in [6.07, 6.45) is -23.7. The van der Waals surface area contributed by atoms with Gasteiger partial charge in [0, 0.05) is 0 Å². The Bertz CT molecular complexity index is 2180. The number of allylic oxidation sites excluding steroid dienone is 2. The number of rotatable bonds is 10. The smallest absolute Gasteiger partial charge is 0.357 e. The molecule has 27 unspecified atom stereocenters. The second kappa shape index (κ2) is 20.4. The lowest BCUT2D eigenvalue weighted by atomic mass is 9.33. The lowest BCUT2D eigenvalue weighted by molar-refractivity contribution is -0.436. The fourth-order valence-electron chi connectivity index (χ4n) is 16.2. The molecule has 4 saturated heterocycles. The summed E-state index contributed by atoms with van der Waals surface area (Å²) in [6.45, 7) is 15.6. The molecule has 9 rings (SSSR count). The minimum Gasteiger partial charge on any atom is -0.479 e. The van der Waals surface area contributed by atoms with Crippen LogP contribution < -0.4 is 0 Å². The van der Waals surface area contributed by atoms with Gasteiger partial charge in [0.25, 0.3) is 0 Å². The number of hydrogen-bond acceptors (Lipinski definition) is 22. The fraction of sp³-hybridized carbons (Fsp3) is 0.925. The molecule has 0 bridgehead atoms. The van der Waals surface area contributed by atoms with Crippen LogP contribution >= 0.6 is 0 Å². The molecule has 4 heterocycles. The first-order valence-electron chi connectivity index (χ1n) is 27.2. The van der Waals surface area contributed by atoms with E-state index in [2.05, 4.69) is 54.5 Å². The van der Waals surface area contributed by atoms with Crippen molar-refractivity contribution in [2.24, 2.45) is 50.2 Å². The quantitative estimate of drug-likeness (QED) is 0.0542. The molecule has 0 aromatic carbocycles. The summed E-state index contributed by atoms with van der Waals surface area (Å²) in [7, 11) is 0. The molecule has 5 aliphatic carbocycles. The van der Waals surface area contributed by atoms with Crippen LogP contribution in [0, 0.1) is 50.2 Å². The summed E-state index contributed by atoms with van der Waals surface area (Å²) in [5.74, 6) is -5.60. The Morgan fingerprint density at radius 3 is 2.01 bits per heavy atom. The molecule has 23 heteroatoms. The average molecular weight is 1090 g/mol. The van der Waals surface area contributed by atoms with Crippen LogP contribution in [0.3, 0.4) is 0 Å². The number of hydrogen-bond donors (Lipinski definition) is 13. The Balaban J connectivity index is 0.983. The van der Waals surface area contributed by atoms with E-state index in [0.717, 1.165) is 18.4 Å². The van der Waals surface area contributed by atoms with E-state index in [1.165, 1.54) is 6.92 Å². The second-order valence-electron chi connectivity index (χ2n) is 26.0. The summed E-state index contributed by atoms with van der Waals surface area (Å²) in [5.41, 5.74) is -1.81. The molecule has 0 spiro atoms. The predicted molar refractivity (Wildman–Crippen MR) is 257 cm³/mol. The Morgan fingerprint density at radius 1 is 0.684 bits per heavy atom. The highest BCUT2D eigenvalue weighted by atomic mass is 16.9. The van der Waals surface area contributed by atoms with Crippen LogP contribution in [0.4, 0.5) is 0 Å². The molecule has 434 valence electrons. The minimum absolute atomic E-state index is 0.00834. The molecule has 76 heavy (non-hydrogen) atoms. The molecule has 0 aromatic heterocycles. The average Bonchev–Trinajstić information content (AvgIpc) is 3.41. The summed E-state index contributed by atoms with van der Waals surface area (Å²) >= 11 is 0. The van der Waals surface area contributed by atoms with Gasteiger partial charge in [-0.2, -0.15) is 0 Å². The van der Waals surface area contributed by atoms with E-state index in [-0.39, 0.29) is 34.0 Å². The van der Waals surface area contributed by atoms with E-state index >= 15 is 0 Å². The zero-order valence-corrected chi connectivity index (χ0v) is 44.7. The van der Waals surface area contributed by atoms with Crippen molar-refractivity contribution in [1.82, 2.24) is 0 Å². The molecule has 27 atom stereocenters. The molecule has 8 fully saturated rings. The highest BCUT2D eigenvalue weighted by Gasteiger charge is 2.71. The molecule has 0 aromatic rings. The van der Waals surface area contributed by atoms with Gasteiger partial charge in [-0.1, -0.05) is 60.1 Å². The molecule has 4 aliphatic heterocycles. The van der Waals surface area contributed by atoms with Gasteiger partial charge in [0.05, 0.1) is 30.8 Å². The topological polar surface area (TPSA) is 371 Å². The molecular weight excluding hydrogens is 1000 g/mol. The number of ether oxygens (including phenoxy) is 8. The van der Waals surface area contributed by atoms with Gasteiger partial charge in [-0.3, -0.25) is 4.79 Å². The predicted octanol–water partition coefficient (Wildman–Crippen LogP) is -0.956. The van der Waals surface area contributed by atoms with Crippen molar-refractivity contribution in [2.75, 3.05) is 13.2 Å². The van der Waals surface area contributed by atoms with Crippen molar-refractivity contribution in [3.05, 3.63) is 11.6 Å². The van der Waals surface area contributed by atoms with Gasteiger partial charge >= 0.3 is 17.9 Å². The standard InChI is InChI=1S/C53H84O23/c1-22-30(56)33(59)36(62)44(70-22)72-38-37(63)39(73-43-35(61)31(57)25(55)21-69-43)45(74-40(38)42(65)66)71-29-12-13-49(6)27(48(29,4)5)11-14-51(8)28(49)10-9-23-24-19-47(2,3)15-17-52(24,18-16-50(23,51)7)46(67)76-53(68)41(64)34(60)32(58)26(20-54)75-53/h9,22,24-41,43-45,54-64,68H,10-21H2,1-8H3,(H,65,66). The SMILES string of the molecule is CC1OC(OC2C(C(=O)O)OC(OC3CCC4(C)C(CCC5(C)C4CC=C4C6CC(C)(C)CCC6(C(=O)OC6(O)OC(CO)C(O)C(O)C6O)CCC45C)C3(C)C)C(OC3OCC(O)C(O)C3O)C2O)C(O)C(O)C1O. The first-order valence-corrected chi connectivity index (χ1v) is 27.2. The summed E-state index contributed by atoms with van der Waals surface area (Å²) < 4.78 is 47.3. The van der Waals surface area contributed by atoms with Gasteiger partial charge in [-0.05, 0) is 116 Å². The number of carbonyl (C=O) groups is 2. The van der Waals surface area contributed by atoms with Crippen molar-refractivity contribution in [1.29, 1.82) is 0 Å². The monoisotopic (exact) mass is 1090 g/mol. The number of carboxylic acids is 1. The normalized spacial score (nSPS) is 53.9. The summed E-state index contributed by atoms with van der Waals surface area (Å²) in [5, 5.41) is 139. The van der Waals surface area contributed by atoms with Crippen LogP contribution in [0.15, 0.2) is 11.6 Å². The molecule has 0 radical (unpaired) electrons. The van der Waals surface area contributed by atoms with Gasteiger partial charge in [-0.15, -0.1) is 0 Å². The van der Waals surface area contributed by atoms with Crippen molar-refractivity contribution in [3.8, 4) is 0 Å². The maximum atomic E-state index is 14.8. The van der Waals surface area contributed by atoms with Crippen LogP contribution in [-0.2, 0) is 47.5 Å². The molecule has 0 amide bonds. The van der Waals surface area contributed by atoms with Gasteiger partial charge in [0.15, 0.2) is 31.1 Å². The first-order chi connectivity index (χ1) is 35.3. The highest BCUT2D eigenvalue weighted by Crippen LogP contribution is 2.76. The number of carbonyl (C=O) groups excluding carboxylic acids is 1. The number of carboxylic acid groups (broad SMARTS) is 1.